The zero-order valence-corrected chi connectivity index (χ0v) is 12.0. The Bertz CT molecular complexity index is 398. The third-order valence-electron chi connectivity index (χ3n) is 3.77. The number of hydrogen-bond acceptors (Lipinski definition) is 3. The molecule has 1 heterocycles. The molecule has 1 N–H and O–H groups in total. The molecular weight excluding hydrogens is 241 g/mol. The summed E-state index contributed by atoms with van der Waals surface area (Å²) in [6, 6.07) is 5.52. The maximum Gasteiger partial charge on any atom is 0.146 e. The lowest BCUT2D eigenvalue weighted by atomic mass is 10.1. The molecule has 0 spiro atoms. The van der Waals surface area contributed by atoms with Crippen LogP contribution in [0.3, 0.4) is 0 Å². The van der Waals surface area contributed by atoms with Crippen LogP contribution < -0.4 is 10.2 Å². The highest BCUT2D eigenvalue weighted by atomic mass is 19.1. The van der Waals surface area contributed by atoms with Crippen LogP contribution >= 0.6 is 0 Å². The number of hydrogen-bond donors (Lipinski definition) is 1. The van der Waals surface area contributed by atoms with Gasteiger partial charge in [0.25, 0.3) is 0 Å². The van der Waals surface area contributed by atoms with Crippen molar-refractivity contribution in [2.75, 3.05) is 44.2 Å². The molecule has 19 heavy (non-hydrogen) atoms. The molecule has 0 atom stereocenters. The van der Waals surface area contributed by atoms with Crippen molar-refractivity contribution in [1.29, 1.82) is 0 Å². The van der Waals surface area contributed by atoms with Gasteiger partial charge < -0.3 is 10.2 Å². The molecule has 3 nitrogen and oxygen atoms in total. The molecule has 0 radical (unpaired) electrons. The summed E-state index contributed by atoms with van der Waals surface area (Å²) in [5, 5.41) is 3.30. The third-order valence-corrected chi connectivity index (χ3v) is 3.77. The van der Waals surface area contributed by atoms with E-state index in [2.05, 4.69) is 29.0 Å². The van der Waals surface area contributed by atoms with Crippen LogP contribution in [0.4, 0.5) is 10.1 Å². The fourth-order valence-electron chi connectivity index (χ4n) is 2.51. The number of nitrogens with zero attached hydrogens (tertiary/aromatic N) is 2. The summed E-state index contributed by atoms with van der Waals surface area (Å²) in [4.78, 5) is 4.48. The number of benzene rings is 1. The Morgan fingerprint density at radius 2 is 1.89 bits per heavy atom. The first-order valence-corrected chi connectivity index (χ1v) is 7.21. The first kappa shape index (κ1) is 14.3. The summed E-state index contributed by atoms with van der Waals surface area (Å²) in [7, 11) is 0. The highest BCUT2D eigenvalue weighted by Crippen LogP contribution is 2.22. The summed E-state index contributed by atoms with van der Waals surface area (Å²) >= 11 is 0. The van der Waals surface area contributed by atoms with E-state index in [9.17, 15) is 4.39 Å². The molecule has 0 bridgehead atoms. The van der Waals surface area contributed by atoms with Crippen molar-refractivity contribution in [3.8, 4) is 0 Å². The Hall–Kier alpha value is -1.13. The summed E-state index contributed by atoms with van der Waals surface area (Å²) in [6.45, 7) is 10.9. The van der Waals surface area contributed by atoms with Crippen LogP contribution in [0.1, 0.15) is 19.4 Å². The molecular formula is C15H24FN3. The van der Waals surface area contributed by atoms with Crippen LogP contribution in [0.2, 0.25) is 0 Å². The van der Waals surface area contributed by atoms with Gasteiger partial charge in [0.15, 0.2) is 0 Å². The van der Waals surface area contributed by atoms with E-state index in [4.69, 9.17) is 0 Å². The van der Waals surface area contributed by atoms with Gasteiger partial charge in [0.1, 0.15) is 5.82 Å². The zero-order valence-electron chi connectivity index (χ0n) is 12.0. The van der Waals surface area contributed by atoms with Crippen LogP contribution in [0.5, 0.6) is 0 Å². The predicted molar refractivity (Wildman–Crippen MR) is 78.1 cm³/mol. The van der Waals surface area contributed by atoms with E-state index < -0.39 is 0 Å². The highest BCUT2D eigenvalue weighted by molar-refractivity contribution is 5.50. The molecule has 1 aliphatic rings. The Labute approximate surface area is 115 Å². The van der Waals surface area contributed by atoms with Gasteiger partial charge in [-0.3, -0.25) is 4.90 Å². The second kappa shape index (κ2) is 6.87. The Balaban J connectivity index is 2.14. The second-order valence-corrected chi connectivity index (χ2v) is 4.98. The normalized spacial score (nSPS) is 16.1. The molecule has 0 amide bonds. The average Bonchev–Trinajstić information content (AvgIpc) is 2.47. The molecule has 106 valence electrons. The van der Waals surface area contributed by atoms with E-state index >= 15 is 0 Å². The smallest absolute Gasteiger partial charge is 0.146 e. The molecule has 0 saturated carbocycles. The molecule has 1 aliphatic heterocycles. The van der Waals surface area contributed by atoms with Gasteiger partial charge in [-0.05, 0) is 30.8 Å². The van der Waals surface area contributed by atoms with E-state index in [1.807, 2.05) is 12.1 Å². The Morgan fingerprint density at radius 3 is 2.53 bits per heavy atom. The molecule has 2 rings (SSSR count). The van der Waals surface area contributed by atoms with Gasteiger partial charge in [-0.15, -0.1) is 0 Å². The quantitative estimate of drug-likeness (QED) is 0.879. The topological polar surface area (TPSA) is 18.5 Å². The lowest BCUT2D eigenvalue weighted by molar-refractivity contribution is 0.296. The lowest BCUT2D eigenvalue weighted by Crippen LogP contribution is -2.43. The molecule has 1 aromatic carbocycles. The molecule has 0 unspecified atom stereocenters. The van der Waals surface area contributed by atoms with Gasteiger partial charge in [0, 0.05) is 32.7 Å². The lowest BCUT2D eigenvalue weighted by Gasteiger charge is -2.30. The van der Waals surface area contributed by atoms with Crippen LogP contribution in [-0.2, 0) is 6.54 Å². The van der Waals surface area contributed by atoms with E-state index in [0.717, 1.165) is 51.5 Å². The molecule has 0 aromatic heterocycles. The van der Waals surface area contributed by atoms with Gasteiger partial charge in [-0.25, -0.2) is 4.39 Å². The Kier molecular flexibility index (Phi) is 5.16. The standard InChI is InChI=1S/C15H24FN3/c1-3-18(4-2)12-13-5-6-14(16)15(11-13)19-9-7-17-8-10-19/h5-6,11,17H,3-4,7-10,12H2,1-2H3. The van der Waals surface area contributed by atoms with Crippen molar-refractivity contribution >= 4 is 5.69 Å². The first-order chi connectivity index (χ1) is 9.24. The minimum atomic E-state index is -0.106. The van der Waals surface area contributed by atoms with Crippen molar-refractivity contribution < 1.29 is 4.39 Å². The van der Waals surface area contributed by atoms with E-state index in [1.54, 1.807) is 6.07 Å². The van der Waals surface area contributed by atoms with Gasteiger partial charge in [0.2, 0.25) is 0 Å². The molecule has 4 heteroatoms. The molecule has 1 aromatic rings. The van der Waals surface area contributed by atoms with Gasteiger partial charge in [0.05, 0.1) is 5.69 Å². The van der Waals surface area contributed by atoms with Gasteiger partial charge >= 0.3 is 0 Å². The number of rotatable bonds is 5. The average molecular weight is 265 g/mol. The fraction of sp³-hybridized carbons (Fsp3) is 0.600. The largest absolute Gasteiger partial charge is 0.367 e. The maximum atomic E-state index is 14.0. The first-order valence-electron chi connectivity index (χ1n) is 7.21. The number of halogens is 1. The number of piperazine rings is 1. The van der Waals surface area contributed by atoms with Crippen LogP contribution in [0.25, 0.3) is 0 Å². The summed E-state index contributed by atoms with van der Waals surface area (Å²) < 4.78 is 14.0. The fourth-order valence-corrected chi connectivity index (χ4v) is 2.51. The number of anilines is 1. The SMILES string of the molecule is CCN(CC)Cc1ccc(F)c(N2CCNCC2)c1. The van der Waals surface area contributed by atoms with Crippen LogP contribution in [0.15, 0.2) is 18.2 Å². The van der Waals surface area contributed by atoms with E-state index in [1.165, 1.54) is 5.56 Å². The van der Waals surface area contributed by atoms with Crippen LogP contribution in [-0.4, -0.2) is 44.2 Å². The highest BCUT2D eigenvalue weighted by Gasteiger charge is 2.15. The summed E-state index contributed by atoms with van der Waals surface area (Å²) in [5.41, 5.74) is 1.95. The van der Waals surface area contributed by atoms with Crippen molar-refractivity contribution in [2.45, 2.75) is 20.4 Å². The maximum absolute atomic E-state index is 14.0. The van der Waals surface area contributed by atoms with Crippen molar-refractivity contribution in [3.63, 3.8) is 0 Å². The second-order valence-electron chi connectivity index (χ2n) is 4.98. The number of nitrogens with one attached hydrogen (secondary N) is 1. The summed E-state index contributed by atoms with van der Waals surface area (Å²) in [5.74, 6) is -0.106. The Morgan fingerprint density at radius 1 is 1.21 bits per heavy atom. The van der Waals surface area contributed by atoms with E-state index in [-0.39, 0.29) is 5.82 Å². The van der Waals surface area contributed by atoms with Crippen molar-refractivity contribution in [3.05, 3.63) is 29.6 Å². The van der Waals surface area contributed by atoms with E-state index in [0.29, 0.717) is 0 Å². The third kappa shape index (κ3) is 3.67. The molecule has 1 fully saturated rings. The van der Waals surface area contributed by atoms with Gasteiger partial charge in [-0.2, -0.15) is 0 Å². The minimum absolute atomic E-state index is 0.106. The van der Waals surface area contributed by atoms with Gasteiger partial charge in [-0.1, -0.05) is 19.9 Å². The predicted octanol–water partition coefficient (Wildman–Crippen LogP) is 2.08. The summed E-state index contributed by atoms with van der Waals surface area (Å²) in [6.07, 6.45) is 0. The monoisotopic (exact) mass is 265 g/mol. The van der Waals surface area contributed by atoms with Crippen molar-refractivity contribution in [2.24, 2.45) is 0 Å². The van der Waals surface area contributed by atoms with Crippen molar-refractivity contribution in [1.82, 2.24) is 10.2 Å². The zero-order chi connectivity index (χ0) is 13.7. The molecule has 0 aliphatic carbocycles. The minimum Gasteiger partial charge on any atom is -0.367 e. The molecule has 1 saturated heterocycles. The van der Waals surface area contributed by atoms with Crippen LogP contribution in [0, 0.1) is 5.82 Å².